The maximum Gasteiger partial charge on any atom is 0.253 e. The maximum absolute atomic E-state index is 12.3. The Morgan fingerprint density at radius 3 is 2.65 bits per heavy atom. The SMILES string of the molecule is CC(C)Nc1ccccc1C(=O)NCc1ccn(C)c1. The van der Waals surface area contributed by atoms with Crippen LogP contribution in [0.1, 0.15) is 29.8 Å². The van der Waals surface area contributed by atoms with E-state index in [4.69, 9.17) is 0 Å². The van der Waals surface area contributed by atoms with Crippen molar-refractivity contribution in [1.29, 1.82) is 0 Å². The second-order valence-electron chi connectivity index (χ2n) is 5.21. The topological polar surface area (TPSA) is 46.1 Å². The predicted octanol–water partition coefficient (Wildman–Crippen LogP) is 2.78. The van der Waals surface area contributed by atoms with Gasteiger partial charge in [0.05, 0.1) is 5.56 Å². The molecular formula is C16H21N3O. The summed E-state index contributed by atoms with van der Waals surface area (Å²) >= 11 is 0. The van der Waals surface area contributed by atoms with E-state index in [0.29, 0.717) is 12.1 Å². The molecule has 0 bridgehead atoms. The number of aryl methyl sites for hydroxylation is 1. The number of rotatable bonds is 5. The van der Waals surface area contributed by atoms with Crippen LogP contribution in [0.2, 0.25) is 0 Å². The molecule has 0 aliphatic carbocycles. The first-order valence-corrected chi connectivity index (χ1v) is 6.81. The number of hydrogen-bond acceptors (Lipinski definition) is 2. The third kappa shape index (κ3) is 3.63. The molecular weight excluding hydrogens is 250 g/mol. The standard InChI is InChI=1S/C16H21N3O/c1-12(2)18-15-7-5-4-6-14(15)16(20)17-10-13-8-9-19(3)11-13/h4-9,11-12,18H,10H2,1-3H3,(H,17,20). The molecule has 0 aliphatic rings. The summed E-state index contributed by atoms with van der Waals surface area (Å²) in [5.41, 5.74) is 2.64. The molecule has 20 heavy (non-hydrogen) atoms. The van der Waals surface area contributed by atoms with Crippen molar-refractivity contribution in [2.75, 3.05) is 5.32 Å². The summed E-state index contributed by atoms with van der Waals surface area (Å²) in [6, 6.07) is 9.86. The number of anilines is 1. The molecule has 0 aliphatic heterocycles. The van der Waals surface area contributed by atoms with E-state index in [2.05, 4.69) is 24.5 Å². The van der Waals surface area contributed by atoms with Gasteiger partial charge in [-0.25, -0.2) is 0 Å². The van der Waals surface area contributed by atoms with Gasteiger partial charge in [-0.2, -0.15) is 0 Å². The molecule has 106 valence electrons. The van der Waals surface area contributed by atoms with Gasteiger partial charge in [0.15, 0.2) is 0 Å². The Morgan fingerprint density at radius 2 is 2.00 bits per heavy atom. The van der Waals surface area contributed by atoms with E-state index in [1.165, 1.54) is 0 Å². The van der Waals surface area contributed by atoms with Crippen LogP contribution in [-0.4, -0.2) is 16.5 Å². The molecule has 0 saturated carbocycles. The minimum Gasteiger partial charge on any atom is -0.382 e. The van der Waals surface area contributed by atoms with Gasteiger partial charge in [-0.3, -0.25) is 4.79 Å². The minimum absolute atomic E-state index is 0.0578. The van der Waals surface area contributed by atoms with Crippen LogP contribution in [0, 0.1) is 0 Å². The van der Waals surface area contributed by atoms with Gasteiger partial charge < -0.3 is 15.2 Å². The molecule has 0 saturated heterocycles. The molecule has 1 amide bonds. The molecule has 2 rings (SSSR count). The van der Waals surface area contributed by atoms with Crippen LogP contribution < -0.4 is 10.6 Å². The first kappa shape index (κ1) is 14.2. The molecule has 0 spiro atoms. The third-order valence-corrected chi connectivity index (χ3v) is 2.96. The summed E-state index contributed by atoms with van der Waals surface area (Å²) in [6.07, 6.45) is 3.97. The van der Waals surface area contributed by atoms with E-state index in [9.17, 15) is 4.79 Å². The minimum atomic E-state index is -0.0578. The van der Waals surface area contributed by atoms with Crippen LogP contribution in [0.3, 0.4) is 0 Å². The van der Waals surface area contributed by atoms with Crippen molar-refractivity contribution in [3.8, 4) is 0 Å². The largest absolute Gasteiger partial charge is 0.382 e. The molecule has 1 aromatic carbocycles. The number of nitrogens with zero attached hydrogens (tertiary/aromatic N) is 1. The van der Waals surface area contributed by atoms with Gasteiger partial charge in [-0.05, 0) is 37.6 Å². The van der Waals surface area contributed by atoms with Crippen molar-refractivity contribution in [2.24, 2.45) is 7.05 Å². The zero-order valence-electron chi connectivity index (χ0n) is 12.2. The highest BCUT2D eigenvalue weighted by molar-refractivity contribution is 5.99. The Morgan fingerprint density at radius 1 is 1.25 bits per heavy atom. The van der Waals surface area contributed by atoms with Crippen LogP contribution in [0.25, 0.3) is 0 Å². The maximum atomic E-state index is 12.3. The molecule has 0 unspecified atom stereocenters. The van der Waals surface area contributed by atoms with Crippen molar-refractivity contribution in [1.82, 2.24) is 9.88 Å². The van der Waals surface area contributed by atoms with Gasteiger partial charge in [0.25, 0.3) is 5.91 Å². The van der Waals surface area contributed by atoms with E-state index < -0.39 is 0 Å². The first-order valence-electron chi connectivity index (χ1n) is 6.81. The normalized spacial score (nSPS) is 10.6. The molecule has 0 fully saturated rings. The number of carbonyl (C=O) groups is 1. The van der Waals surface area contributed by atoms with Crippen LogP contribution in [0.4, 0.5) is 5.69 Å². The second-order valence-corrected chi connectivity index (χ2v) is 5.21. The Balaban J connectivity index is 2.05. The average molecular weight is 271 g/mol. The van der Waals surface area contributed by atoms with Crippen molar-refractivity contribution in [3.05, 3.63) is 53.9 Å². The summed E-state index contributed by atoms with van der Waals surface area (Å²) in [7, 11) is 1.97. The predicted molar refractivity (Wildman–Crippen MR) is 81.8 cm³/mol. The summed E-state index contributed by atoms with van der Waals surface area (Å²) in [5, 5.41) is 6.24. The summed E-state index contributed by atoms with van der Waals surface area (Å²) in [6.45, 7) is 4.65. The zero-order valence-corrected chi connectivity index (χ0v) is 12.2. The number of benzene rings is 1. The molecule has 1 aromatic heterocycles. The number of carbonyl (C=O) groups excluding carboxylic acids is 1. The highest BCUT2D eigenvalue weighted by Crippen LogP contribution is 2.16. The van der Waals surface area contributed by atoms with E-state index in [1.807, 2.05) is 54.3 Å². The fourth-order valence-corrected chi connectivity index (χ4v) is 2.06. The quantitative estimate of drug-likeness (QED) is 0.878. The van der Waals surface area contributed by atoms with E-state index in [0.717, 1.165) is 11.3 Å². The van der Waals surface area contributed by atoms with Crippen molar-refractivity contribution in [2.45, 2.75) is 26.4 Å². The monoisotopic (exact) mass is 271 g/mol. The molecule has 4 nitrogen and oxygen atoms in total. The third-order valence-electron chi connectivity index (χ3n) is 2.96. The fraction of sp³-hybridized carbons (Fsp3) is 0.312. The van der Waals surface area contributed by atoms with Crippen LogP contribution >= 0.6 is 0 Å². The van der Waals surface area contributed by atoms with Crippen molar-refractivity contribution < 1.29 is 4.79 Å². The lowest BCUT2D eigenvalue weighted by atomic mass is 10.1. The highest BCUT2D eigenvalue weighted by atomic mass is 16.1. The number of amides is 1. The van der Waals surface area contributed by atoms with Crippen LogP contribution in [0.15, 0.2) is 42.7 Å². The number of hydrogen-bond donors (Lipinski definition) is 2. The van der Waals surface area contributed by atoms with Gasteiger partial charge in [0.2, 0.25) is 0 Å². The molecule has 0 atom stereocenters. The fourth-order valence-electron chi connectivity index (χ4n) is 2.06. The number of aromatic nitrogens is 1. The molecule has 0 radical (unpaired) electrons. The summed E-state index contributed by atoms with van der Waals surface area (Å²) in [4.78, 5) is 12.3. The van der Waals surface area contributed by atoms with Gasteiger partial charge in [0.1, 0.15) is 0 Å². The van der Waals surface area contributed by atoms with E-state index in [-0.39, 0.29) is 11.9 Å². The number of nitrogens with one attached hydrogen (secondary N) is 2. The Hall–Kier alpha value is -2.23. The van der Waals surface area contributed by atoms with Crippen molar-refractivity contribution in [3.63, 3.8) is 0 Å². The lowest BCUT2D eigenvalue weighted by Gasteiger charge is -2.14. The Kier molecular flexibility index (Phi) is 4.45. The molecule has 2 aromatic rings. The van der Waals surface area contributed by atoms with Crippen LogP contribution in [-0.2, 0) is 13.6 Å². The Labute approximate surface area is 119 Å². The zero-order chi connectivity index (χ0) is 14.5. The highest BCUT2D eigenvalue weighted by Gasteiger charge is 2.11. The Bertz CT molecular complexity index is 587. The smallest absolute Gasteiger partial charge is 0.253 e. The first-order chi connectivity index (χ1) is 9.56. The summed E-state index contributed by atoms with van der Waals surface area (Å²) < 4.78 is 1.97. The van der Waals surface area contributed by atoms with Gasteiger partial charge in [0, 0.05) is 37.7 Å². The van der Waals surface area contributed by atoms with Crippen LogP contribution in [0.5, 0.6) is 0 Å². The summed E-state index contributed by atoms with van der Waals surface area (Å²) in [5.74, 6) is -0.0578. The van der Waals surface area contributed by atoms with E-state index >= 15 is 0 Å². The van der Waals surface area contributed by atoms with E-state index in [1.54, 1.807) is 0 Å². The molecule has 1 heterocycles. The second kappa shape index (κ2) is 6.28. The van der Waals surface area contributed by atoms with Gasteiger partial charge in [-0.15, -0.1) is 0 Å². The molecule has 2 N–H and O–H groups in total. The molecule has 4 heteroatoms. The average Bonchev–Trinajstić information content (AvgIpc) is 2.82. The lowest BCUT2D eigenvalue weighted by Crippen LogP contribution is -2.24. The lowest BCUT2D eigenvalue weighted by molar-refractivity contribution is 0.0951. The van der Waals surface area contributed by atoms with Crippen molar-refractivity contribution >= 4 is 11.6 Å². The van der Waals surface area contributed by atoms with Gasteiger partial charge >= 0.3 is 0 Å². The van der Waals surface area contributed by atoms with Gasteiger partial charge in [-0.1, -0.05) is 12.1 Å². The number of para-hydroxylation sites is 1.